The first-order valence-electron chi connectivity index (χ1n) is 6.20. The summed E-state index contributed by atoms with van der Waals surface area (Å²) in [7, 11) is 1.61. The van der Waals surface area contributed by atoms with Crippen LogP contribution in [0.2, 0.25) is 0 Å². The zero-order valence-electron chi connectivity index (χ0n) is 11.7. The van der Waals surface area contributed by atoms with E-state index in [9.17, 15) is 14.9 Å². The van der Waals surface area contributed by atoms with Gasteiger partial charge in [0.15, 0.2) is 0 Å². The molecular formula is C11H20N4O4. The number of hydrogen-bond acceptors (Lipinski definition) is 5. The summed E-state index contributed by atoms with van der Waals surface area (Å²) in [6, 6.07) is 0. The summed E-state index contributed by atoms with van der Waals surface area (Å²) >= 11 is 0. The summed E-state index contributed by atoms with van der Waals surface area (Å²) in [4.78, 5) is 26.7. The highest BCUT2D eigenvalue weighted by atomic mass is 16.7. The zero-order chi connectivity index (χ0) is 14.6. The van der Waals surface area contributed by atoms with Gasteiger partial charge in [-0.3, -0.25) is 4.79 Å². The van der Waals surface area contributed by atoms with Crippen molar-refractivity contribution >= 4 is 5.91 Å². The lowest BCUT2D eigenvalue weighted by atomic mass is 10.1. The van der Waals surface area contributed by atoms with Gasteiger partial charge in [0.1, 0.15) is 6.10 Å². The lowest BCUT2D eigenvalue weighted by molar-refractivity contribution is -0.720. The Kier molecular flexibility index (Phi) is 4.79. The summed E-state index contributed by atoms with van der Waals surface area (Å²) in [5.41, 5.74) is -0.371. The molecule has 8 nitrogen and oxygen atoms in total. The molecule has 0 aromatic carbocycles. The largest absolute Gasteiger partial charge is 0.569 e. The summed E-state index contributed by atoms with van der Waals surface area (Å²) in [6.45, 7) is 5.61. The van der Waals surface area contributed by atoms with Crippen molar-refractivity contribution in [3.8, 4) is 0 Å². The van der Waals surface area contributed by atoms with Crippen molar-refractivity contribution in [2.24, 2.45) is 16.4 Å². The summed E-state index contributed by atoms with van der Waals surface area (Å²) < 4.78 is 0. The highest BCUT2D eigenvalue weighted by Crippen LogP contribution is 2.29. The van der Waals surface area contributed by atoms with E-state index in [0.29, 0.717) is 24.2 Å². The lowest BCUT2D eigenvalue weighted by Gasteiger charge is -2.26. The molecule has 0 aromatic heterocycles. The monoisotopic (exact) mass is 272 g/mol. The van der Waals surface area contributed by atoms with Gasteiger partial charge in [0, 0.05) is 11.1 Å². The molecule has 0 spiro atoms. The van der Waals surface area contributed by atoms with Crippen LogP contribution in [0, 0.1) is 16.0 Å². The lowest BCUT2D eigenvalue weighted by Crippen LogP contribution is -2.42. The summed E-state index contributed by atoms with van der Waals surface area (Å²) in [5, 5.41) is 18.9. The Morgan fingerprint density at radius 2 is 2.05 bits per heavy atom. The van der Waals surface area contributed by atoms with Crippen LogP contribution >= 0.6 is 0 Å². The number of nitrogens with zero attached hydrogens (tertiary/aromatic N) is 4. The molecule has 1 aliphatic rings. The summed E-state index contributed by atoms with van der Waals surface area (Å²) in [6.07, 6.45) is 1.18. The summed E-state index contributed by atoms with van der Waals surface area (Å²) in [5.74, 6) is -1.06. The quantitative estimate of drug-likeness (QED) is 0.337. The molecule has 0 bridgehead atoms. The van der Waals surface area contributed by atoms with Crippen LogP contribution in [0.15, 0.2) is 10.5 Å². The maximum Gasteiger partial charge on any atom is 0.289 e. The van der Waals surface area contributed by atoms with Crippen molar-refractivity contribution in [3.05, 3.63) is 10.1 Å². The second-order valence-corrected chi connectivity index (χ2v) is 5.70. The predicted molar refractivity (Wildman–Crippen MR) is 66.6 cm³/mol. The van der Waals surface area contributed by atoms with Crippen molar-refractivity contribution in [3.63, 3.8) is 0 Å². The molecule has 0 N–H and O–H groups in total. The third kappa shape index (κ3) is 4.15. The van der Waals surface area contributed by atoms with Crippen LogP contribution in [0.3, 0.4) is 0 Å². The normalized spacial score (nSPS) is 24.1. The van der Waals surface area contributed by atoms with Crippen LogP contribution in [-0.2, 0) is 9.63 Å². The highest BCUT2D eigenvalue weighted by Gasteiger charge is 2.33. The fourth-order valence-electron chi connectivity index (χ4n) is 1.75. The van der Waals surface area contributed by atoms with Gasteiger partial charge in [-0.2, -0.15) is 0 Å². The minimum absolute atomic E-state index is 0.319. The molecule has 0 aromatic rings. The molecule has 8 heteroatoms. The van der Waals surface area contributed by atoms with Gasteiger partial charge in [-0.1, -0.05) is 0 Å². The third-order valence-electron chi connectivity index (χ3n) is 3.32. The van der Waals surface area contributed by atoms with Gasteiger partial charge in [-0.05, 0) is 40.0 Å². The van der Waals surface area contributed by atoms with E-state index < -0.39 is 11.8 Å². The van der Waals surface area contributed by atoms with Crippen LogP contribution in [-0.4, -0.2) is 34.6 Å². The molecule has 0 aliphatic heterocycles. The number of carbonyl (C=O) groups excluding carboxylic acids is 1. The van der Waals surface area contributed by atoms with E-state index in [-0.39, 0.29) is 11.6 Å². The molecule has 1 rings (SSSR count). The van der Waals surface area contributed by atoms with E-state index >= 15 is 0 Å². The molecule has 108 valence electrons. The molecule has 19 heavy (non-hydrogen) atoms. The molecule has 1 saturated carbocycles. The zero-order valence-corrected chi connectivity index (χ0v) is 11.7. The van der Waals surface area contributed by atoms with Gasteiger partial charge in [-0.25, -0.2) is 0 Å². The van der Waals surface area contributed by atoms with Gasteiger partial charge >= 0.3 is 0 Å². The van der Waals surface area contributed by atoms with Crippen molar-refractivity contribution in [1.29, 1.82) is 0 Å². The first-order valence-corrected chi connectivity index (χ1v) is 6.20. The minimum atomic E-state index is -0.656. The van der Waals surface area contributed by atoms with E-state index in [4.69, 9.17) is 4.84 Å². The van der Waals surface area contributed by atoms with Crippen LogP contribution < -0.4 is 0 Å². The average molecular weight is 272 g/mol. The van der Waals surface area contributed by atoms with Gasteiger partial charge in [0.05, 0.1) is 17.6 Å². The number of rotatable bonds is 4. The van der Waals surface area contributed by atoms with Crippen molar-refractivity contribution in [2.45, 2.75) is 51.7 Å². The van der Waals surface area contributed by atoms with E-state index in [2.05, 4.69) is 10.5 Å². The van der Waals surface area contributed by atoms with Gasteiger partial charge in [0.2, 0.25) is 5.28 Å². The predicted octanol–water partition coefficient (Wildman–Crippen LogP) is 1.99. The van der Waals surface area contributed by atoms with E-state index in [1.165, 1.54) is 5.01 Å². The Morgan fingerprint density at radius 1 is 1.42 bits per heavy atom. The Labute approximate surface area is 111 Å². The Morgan fingerprint density at radius 3 is 2.58 bits per heavy atom. The number of hydrazine groups is 1. The second kappa shape index (κ2) is 5.94. The Balaban J connectivity index is 2.50. The fraction of sp³-hybridized carbons (Fsp3) is 0.909. The van der Waals surface area contributed by atoms with Crippen LogP contribution in [0.25, 0.3) is 0 Å². The topological polar surface area (TPSA) is 97.4 Å². The smallest absolute Gasteiger partial charge is 0.289 e. The molecule has 1 amide bonds. The third-order valence-corrected chi connectivity index (χ3v) is 3.32. The average Bonchev–Trinajstić information content (AvgIpc) is 2.81. The second-order valence-electron chi connectivity index (χ2n) is 5.70. The minimum Gasteiger partial charge on any atom is -0.569 e. The standard InChI is InChI=1S/C11H20N4O4/c1-11(2,3)14(4)15(18)13-19-9-6-5-8(7-9)10(16)12-17/h8-9H,5-7H2,1-4H3/b15-13-/t8-,9+/m1/s1. The molecule has 2 atom stereocenters. The molecular weight excluding hydrogens is 252 g/mol. The van der Waals surface area contributed by atoms with E-state index in [1.54, 1.807) is 7.05 Å². The Bertz CT molecular complexity index is 377. The molecule has 1 fully saturated rings. The van der Waals surface area contributed by atoms with Gasteiger partial charge in [-0.15, -0.1) is 9.92 Å². The fourth-order valence-corrected chi connectivity index (χ4v) is 1.75. The molecule has 0 heterocycles. The maximum absolute atomic E-state index is 11.6. The van der Waals surface area contributed by atoms with Crippen LogP contribution in [0.1, 0.15) is 40.0 Å². The number of nitroso groups, excluding NO2 is 1. The van der Waals surface area contributed by atoms with Crippen molar-refractivity contribution in [1.82, 2.24) is 5.01 Å². The molecule has 1 aliphatic carbocycles. The maximum atomic E-state index is 11.6. The van der Waals surface area contributed by atoms with E-state index in [0.717, 1.165) is 0 Å². The molecule has 0 saturated heterocycles. The number of carbonyl (C=O) groups is 1. The number of hydrogen-bond donors (Lipinski definition) is 0. The SMILES string of the molecule is CN(/[N+]([O-])=N/O[C@H]1CC[C@@H](C(=O)N=O)C1)C(C)(C)C. The number of amides is 1. The first kappa shape index (κ1) is 15.3. The molecule has 0 radical (unpaired) electrons. The highest BCUT2D eigenvalue weighted by molar-refractivity contribution is 5.79. The van der Waals surface area contributed by atoms with Crippen molar-refractivity contribution < 1.29 is 14.6 Å². The van der Waals surface area contributed by atoms with Gasteiger partial charge < -0.3 is 10.0 Å². The van der Waals surface area contributed by atoms with Crippen LogP contribution in [0.5, 0.6) is 0 Å². The van der Waals surface area contributed by atoms with Crippen molar-refractivity contribution in [2.75, 3.05) is 7.05 Å². The van der Waals surface area contributed by atoms with Crippen LogP contribution in [0.4, 0.5) is 0 Å². The van der Waals surface area contributed by atoms with Gasteiger partial charge in [0.25, 0.3) is 5.91 Å². The molecule has 0 unspecified atom stereocenters. The Hall–Kier alpha value is -1.73. The van der Waals surface area contributed by atoms with E-state index in [1.807, 2.05) is 20.8 Å². The first-order chi connectivity index (χ1) is 8.75.